The second kappa shape index (κ2) is 10.6. The maximum atomic E-state index is 13.8. The fourth-order valence-corrected chi connectivity index (χ4v) is 3.72. The van der Waals surface area contributed by atoms with Crippen molar-refractivity contribution in [3.05, 3.63) is 70.7 Å². The lowest BCUT2D eigenvalue weighted by molar-refractivity contribution is 0.0208. The van der Waals surface area contributed by atoms with Crippen LogP contribution in [-0.2, 0) is 11.3 Å². The van der Waals surface area contributed by atoms with E-state index in [1.165, 1.54) is 17.0 Å². The Balaban J connectivity index is 1.69. The summed E-state index contributed by atoms with van der Waals surface area (Å²) in [7, 11) is 0. The molecule has 7 nitrogen and oxygen atoms in total. The number of carbonyl (C=O) groups excluding carboxylic acids is 1. The molecule has 34 heavy (non-hydrogen) atoms. The first-order valence-corrected chi connectivity index (χ1v) is 11.2. The molecule has 2 aromatic heterocycles. The van der Waals surface area contributed by atoms with Crippen LogP contribution in [0.5, 0.6) is 5.75 Å². The zero-order valence-electron chi connectivity index (χ0n) is 18.9. The van der Waals surface area contributed by atoms with Gasteiger partial charge < -0.3 is 19.5 Å². The number of amides is 1. The molecule has 0 aliphatic carbocycles. The number of carboxylic acids is 1. The molecule has 0 aliphatic heterocycles. The molecule has 0 spiro atoms. The molecule has 2 heterocycles. The number of ether oxygens (including phenoxy) is 2. The van der Waals surface area contributed by atoms with Gasteiger partial charge in [-0.3, -0.25) is 4.98 Å². The van der Waals surface area contributed by atoms with Gasteiger partial charge in [0.15, 0.2) is 11.6 Å². The molecule has 0 aliphatic rings. The minimum Gasteiger partial charge on any atom is -0.489 e. The smallest absolute Gasteiger partial charge is 0.410 e. The van der Waals surface area contributed by atoms with Gasteiger partial charge >= 0.3 is 12.1 Å². The highest BCUT2D eigenvalue weighted by Gasteiger charge is 2.23. The zero-order valence-corrected chi connectivity index (χ0v) is 19.7. The molecule has 0 bridgehead atoms. The van der Waals surface area contributed by atoms with Crippen molar-refractivity contribution < 1.29 is 33.0 Å². The van der Waals surface area contributed by atoms with E-state index in [1.54, 1.807) is 45.2 Å². The minimum atomic E-state index is -0.997. The number of carboxylic acid groups (broad SMARTS) is 1. The number of hydrogen-bond donors (Lipinski definition) is 1. The Hall–Kier alpha value is -3.53. The van der Waals surface area contributed by atoms with E-state index in [0.29, 0.717) is 16.1 Å². The fourth-order valence-electron chi connectivity index (χ4n) is 2.89. The lowest BCUT2D eigenvalue weighted by atomic mass is 10.2. The number of aromatic nitrogens is 1. The molecular weight excluding hydrogens is 466 g/mol. The number of halogens is 2. The molecule has 0 saturated heterocycles. The number of carbonyl (C=O) groups is 2. The molecule has 10 heteroatoms. The second-order valence-corrected chi connectivity index (χ2v) is 9.43. The fraction of sp³-hybridized carbons (Fsp3) is 0.292. The summed E-state index contributed by atoms with van der Waals surface area (Å²) in [6.07, 6.45) is 1.01. The molecule has 180 valence electrons. The van der Waals surface area contributed by atoms with Crippen molar-refractivity contribution in [2.75, 3.05) is 13.2 Å². The lowest BCUT2D eigenvalue weighted by Crippen LogP contribution is -2.38. The second-order valence-electron chi connectivity index (χ2n) is 8.35. The summed E-state index contributed by atoms with van der Waals surface area (Å²) in [4.78, 5) is 30.5. The Kier molecular flexibility index (Phi) is 7.83. The quantitative estimate of drug-likeness (QED) is 0.442. The molecule has 1 amide bonds. The van der Waals surface area contributed by atoms with E-state index < -0.39 is 29.3 Å². The molecular formula is C24H24F2N2O5S. The molecule has 0 saturated carbocycles. The Bertz CT molecular complexity index is 1160. The van der Waals surface area contributed by atoms with Gasteiger partial charge in [0, 0.05) is 12.3 Å². The standard InChI is InChI=1S/C24H24F2N2O5S/c1-24(2,3)33-23(31)28(10-11-32-19-7-5-16(25)12-17(19)26)14-15-4-6-18(27-13-15)20-8-9-21(34-20)22(29)30/h4-9,12-13H,10-11,14H2,1-3H3,(H,29,30). The van der Waals surface area contributed by atoms with Crippen LogP contribution in [0.2, 0.25) is 0 Å². The van der Waals surface area contributed by atoms with E-state index in [-0.39, 0.29) is 30.3 Å². The molecule has 0 radical (unpaired) electrons. The summed E-state index contributed by atoms with van der Waals surface area (Å²) < 4.78 is 37.7. The lowest BCUT2D eigenvalue weighted by Gasteiger charge is -2.27. The maximum absolute atomic E-state index is 13.8. The number of benzene rings is 1. The van der Waals surface area contributed by atoms with Crippen LogP contribution in [0.3, 0.4) is 0 Å². The normalized spacial score (nSPS) is 11.2. The van der Waals surface area contributed by atoms with Gasteiger partial charge in [0.25, 0.3) is 0 Å². The summed E-state index contributed by atoms with van der Waals surface area (Å²) >= 11 is 1.12. The SMILES string of the molecule is CC(C)(C)OC(=O)N(CCOc1ccc(F)cc1F)Cc1ccc(-c2ccc(C(=O)O)s2)nc1. The molecule has 3 rings (SSSR count). The van der Waals surface area contributed by atoms with Crippen molar-refractivity contribution in [1.29, 1.82) is 0 Å². The molecule has 3 aromatic rings. The van der Waals surface area contributed by atoms with E-state index in [9.17, 15) is 18.4 Å². The van der Waals surface area contributed by atoms with Crippen LogP contribution in [0.1, 0.15) is 36.0 Å². The number of hydrogen-bond acceptors (Lipinski definition) is 6. The first-order valence-electron chi connectivity index (χ1n) is 10.4. The van der Waals surface area contributed by atoms with Crippen molar-refractivity contribution in [3.8, 4) is 16.3 Å². The van der Waals surface area contributed by atoms with Crippen molar-refractivity contribution in [2.24, 2.45) is 0 Å². The van der Waals surface area contributed by atoms with Crippen LogP contribution in [0.25, 0.3) is 10.6 Å². The molecule has 0 unspecified atom stereocenters. The summed E-state index contributed by atoms with van der Waals surface area (Å²) in [6, 6.07) is 9.73. The predicted molar refractivity (Wildman–Crippen MR) is 123 cm³/mol. The number of nitrogens with zero attached hydrogens (tertiary/aromatic N) is 2. The Labute approximate surface area is 199 Å². The van der Waals surface area contributed by atoms with Crippen LogP contribution in [0, 0.1) is 11.6 Å². The van der Waals surface area contributed by atoms with Crippen LogP contribution < -0.4 is 4.74 Å². The van der Waals surface area contributed by atoms with Crippen molar-refractivity contribution >= 4 is 23.4 Å². The monoisotopic (exact) mass is 490 g/mol. The molecule has 1 N–H and O–H groups in total. The van der Waals surface area contributed by atoms with E-state index in [1.807, 2.05) is 0 Å². The number of rotatable bonds is 8. The van der Waals surface area contributed by atoms with E-state index in [2.05, 4.69) is 4.98 Å². The van der Waals surface area contributed by atoms with Gasteiger partial charge in [0.05, 0.1) is 23.7 Å². The maximum Gasteiger partial charge on any atom is 0.410 e. The summed E-state index contributed by atoms with van der Waals surface area (Å²) in [6.45, 7) is 5.44. The first-order chi connectivity index (χ1) is 16.0. The van der Waals surface area contributed by atoms with Gasteiger partial charge in [-0.2, -0.15) is 0 Å². The average molecular weight is 491 g/mol. The Morgan fingerprint density at radius 1 is 1.12 bits per heavy atom. The predicted octanol–water partition coefficient (Wildman–Crippen LogP) is 5.60. The third-order valence-electron chi connectivity index (χ3n) is 4.43. The van der Waals surface area contributed by atoms with Crippen molar-refractivity contribution in [2.45, 2.75) is 32.9 Å². The first kappa shape index (κ1) is 25.1. The number of thiophene rings is 1. The van der Waals surface area contributed by atoms with Gasteiger partial charge in [-0.05, 0) is 56.7 Å². The molecule has 0 atom stereocenters. The van der Waals surface area contributed by atoms with Crippen LogP contribution in [0.15, 0.2) is 48.7 Å². The summed E-state index contributed by atoms with van der Waals surface area (Å²) in [5.74, 6) is -2.65. The zero-order chi connectivity index (χ0) is 24.9. The minimum absolute atomic E-state index is 0.0412. The number of pyridine rings is 1. The highest BCUT2D eigenvalue weighted by molar-refractivity contribution is 7.17. The van der Waals surface area contributed by atoms with E-state index in [4.69, 9.17) is 14.6 Å². The highest BCUT2D eigenvalue weighted by atomic mass is 32.1. The van der Waals surface area contributed by atoms with Crippen molar-refractivity contribution in [3.63, 3.8) is 0 Å². The van der Waals surface area contributed by atoms with Crippen LogP contribution >= 0.6 is 11.3 Å². The third kappa shape index (κ3) is 6.98. The van der Waals surface area contributed by atoms with E-state index >= 15 is 0 Å². The average Bonchev–Trinajstić information content (AvgIpc) is 3.24. The molecule has 1 aromatic carbocycles. The van der Waals surface area contributed by atoms with Crippen LogP contribution in [0.4, 0.5) is 13.6 Å². The number of aromatic carboxylic acids is 1. The largest absolute Gasteiger partial charge is 0.489 e. The topological polar surface area (TPSA) is 89.0 Å². The van der Waals surface area contributed by atoms with Gasteiger partial charge in [-0.25, -0.2) is 18.4 Å². The van der Waals surface area contributed by atoms with E-state index in [0.717, 1.165) is 23.5 Å². The van der Waals surface area contributed by atoms with Gasteiger partial charge in [-0.15, -0.1) is 11.3 Å². The van der Waals surface area contributed by atoms with Gasteiger partial charge in [0.2, 0.25) is 0 Å². The van der Waals surface area contributed by atoms with Gasteiger partial charge in [0.1, 0.15) is 22.9 Å². The van der Waals surface area contributed by atoms with Crippen molar-refractivity contribution in [1.82, 2.24) is 9.88 Å². The summed E-state index contributed by atoms with van der Waals surface area (Å²) in [5, 5.41) is 9.08. The van der Waals surface area contributed by atoms with Crippen LogP contribution in [-0.4, -0.2) is 45.8 Å². The third-order valence-corrected chi connectivity index (χ3v) is 5.53. The molecule has 0 fully saturated rings. The van der Waals surface area contributed by atoms with Gasteiger partial charge in [-0.1, -0.05) is 6.07 Å². The highest BCUT2D eigenvalue weighted by Crippen LogP contribution is 2.27. The Morgan fingerprint density at radius 2 is 1.88 bits per heavy atom. The Morgan fingerprint density at radius 3 is 2.47 bits per heavy atom. The summed E-state index contributed by atoms with van der Waals surface area (Å²) in [5.41, 5.74) is 0.598.